The fraction of sp³-hybridized carbons (Fsp3) is 0.312. The van der Waals surface area contributed by atoms with Crippen LogP contribution in [0, 0.1) is 0 Å². The van der Waals surface area contributed by atoms with Crippen LogP contribution in [0.1, 0.15) is 35.2 Å². The molecule has 104 valence electrons. The third kappa shape index (κ3) is 2.39. The highest BCUT2D eigenvalue weighted by Crippen LogP contribution is 2.43. The Kier molecular flexibility index (Phi) is 4.11. The van der Waals surface area contributed by atoms with Gasteiger partial charge in [-0.2, -0.15) is 0 Å². The molecule has 20 heavy (non-hydrogen) atoms. The summed E-state index contributed by atoms with van der Waals surface area (Å²) in [4.78, 5) is 4.59. The molecule has 4 heteroatoms. The Morgan fingerprint density at radius 2 is 2.20 bits per heavy atom. The first-order valence-corrected chi connectivity index (χ1v) is 7.94. The van der Waals surface area contributed by atoms with Gasteiger partial charge in [0.25, 0.3) is 0 Å². The summed E-state index contributed by atoms with van der Waals surface area (Å²) in [5, 5.41) is 4.21. The molecule has 2 unspecified atom stereocenters. The molecule has 0 fully saturated rings. The van der Waals surface area contributed by atoms with Gasteiger partial charge in [0.15, 0.2) is 0 Å². The number of halogens is 2. The average molecular weight is 352 g/mol. The molecule has 1 aliphatic carbocycles. The molecule has 1 aromatic heterocycles. The molecule has 3 rings (SSSR count). The molecule has 2 atom stereocenters. The van der Waals surface area contributed by atoms with Gasteiger partial charge in [-0.05, 0) is 59.1 Å². The van der Waals surface area contributed by atoms with Gasteiger partial charge in [-0.15, -0.1) is 0 Å². The van der Waals surface area contributed by atoms with Crippen molar-refractivity contribution in [2.24, 2.45) is 0 Å². The number of aryl methyl sites for hydroxylation is 1. The van der Waals surface area contributed by atoms with E-state index in [1.54, 1.807) is 0 Å². The van der Waals surface area contributed by atoms with E-state index in [0.717, 1.165) is 27.9 Å². The number of pyridine rings is 1. The Morgan fingerprint density at radius 3 is 3.00 bits per heavy atom. The van der Waals surface area contributed by atoms with E-state index in [-0.39, 0.29) is 6.04 Å². The van der Waals surface area contributed by atoms with Crippen LogP contribution in [-0.2, 0) is 6.42 Å². The first kappa shape index (κ1) is 14.1. The van der Waals surface area contributed by atoms with E-state index in [1.165, 1.54) is 11.3 Å². The van der Waals surface area contributed by atoms with Crippen molar-refractivity contribution in [2.75, 3.05) is 7.05 Å². The predicted octanol–water partition coefficient (Wildman–Crippen LogP) is 4.49. The van der Waals surface area contributed by atoms with Crippen LogP contribution >= 0.6 is 27.5 Å². The fourth-order valence-corrected chi connectivity index (χ4v) is 3.73. The number of hydrogen-bond donors (Lipinski definition) is 1. The summed E-state index contributed by atoms with van der Waals surface area (Å²) in [5.74, 6) is 0.378. The van der Waals surface area contributed by atoms with E-state index in [0.29, 0.717) is 5.92 Å². The van der Waals surface area contributed by atoms with Crippen LogP contribution < -0.4 is 5.32 Å². The molecule has 1 aliphatic rings. The molecule has 1 N–H and O–H groups in total. The Labute approximate surface area is 132 Å². The van der Waals surface area contributed by atoms with Crippen LogP contribution in [0.2, 0.25) is 5.02 Å². The summed E-state index contributed by atoms with van der Waals surface area (Å²) >= 11 is 9.97. The Bertz CT molecular complexity index is 630. The molecule has 0 aliphatic heterocycles. The minimum absolute atomic E-state index is 0.191. The number of nitrogens with zero attached hydrogens (tertiary/aromatic N) is 1. The summed E-state index contributed by atoms with van der Waals surface area (Å²) in [6.45, 7) is 0. The van der Waals surface area contributed by atoms with Crippen molar-refractivity contribution in [1.29, 1.82) is 0 Å². The van der Waals surface area contributed by atoms with Crippen LogP contribution in [0.15, 0.2) is 41.0 Å². The lowest BCUT2D eigenvalue weighted by molar-refractivity contribution is 0.470. The largest absolute Gasteiger partial charge is 0.312 e. The van der Waals surface area contributed by atoms with Gasteiger partial charge < -0.3 is 5.32 Å². The zero-order valence-corrected chi connectivity index (χ0v) is 13.6. The number of fused-ring (bicyclic) bond motifs is 1. The summed E-state index contributed by atoms with van der Waals surface area (Å²) < 4.78 is 0.941. The van der Waals surface area contributed by atoms with E-state index < -0.39 is 0 Å². The monoisotopic (exact) mass is 350 g/mol. The number of benzene rings is 1. The van der Waals surface area contributed by atoms with Crippen LogP contribution in [0.5, 0.6) is 0 Å². The number of rotatable bonds is 3. The molecule has 0 amide bonds. The second kappa shape index (κ2) is 5.84. The highest BCUT2D eigenvalue weighted by molar-refractivity contribution is 9.10. The topological polar surface area (TPSA) is 24.9 Å². The van der Waals surface area contributed by atoms with E-state index in [2.05, 4.69) is 38.4 Å². The third-order valence-electron chi connectivity index (χ3n) is 4.03. The molecule has 2 aromatic rings. The minimum atomic E-state index is 0.191. The average Bonchev–Trinajstić information content (AvgIpc) is 2.88. The van der Waals surface area contributed by atoms with Crippen molar-refractivity contribution in [3.8, 4) is 0 Å². The first-order valence-electron chi connectivity index (χ1n) is 6.77. The zero-order chi connectivity index (χ0) is 14.1. The maximum Gasteiger partial charge on any atom is 0.0596 e. The van der Waals surface area contributed by atoms with Gasteiger partial charge in [0.1, 0.15) is 0 Å². The van der Waals surface area contributed by atoms with E-state index >= 15 is 0 Å². The molecule has 0 saturated carbocycles. The van der Waals surface area contributed by atoms with E-state index in [1.807, 2.05) is 31.4 Å². The molecule has 0 saturated heterocycles. The van der Waals surface area contributed by atoms with E-state index in [9.17, 15) is 0 Å². The SMILES string of the molecule is CNC(c1cccc(Br)c1Cl)C1CCc2cccnc21. The van der Waals surface area contributed by atoms with Crippen LogP contribution in [-0.4, -0.2) is 12.0 Å². The van der Waals surface area contributed by atoms with Gasteiger partial charge in [0.05, 0.1) is 5.02 Å². The van der Waals surface area contributed by atoms with Crippen molar-refractivity contribution < 1.29 is 0 Å². The maximum absolute atomic E-state index is 6.46. The lowest BCUT2D eigenvalue weighted by Gasteiger charge is -2.25. The normalized spacial score (nSPS) is 18.9. The molecule has 2 nitrogen and oxygen atoms in total. The van der Waals surface area contributed by atoms with Gasteiger partial charge in [-0.25, -0.2) is 0 Å². The Morgan fingerprint density at radius 1 is 1.35 bits per heavy atom. The first-order chi connectivity index (χ1) is 9.72. The lowest BCUT2D eigenvalue weighted by Crippen LogP contribution is -2.23. The number of likely N-dealkylation sites (N-methyl/N-ethyl adjacent to an activating group) is 1. The standard InChI is InChI=1S/C16H16BrClN2/c1-19-16(11-5-2-6-13(17)14(11)18)12-8-7-10-4-3-9-20-15(10)12/h2-6,9,12,16,19H,7-8H2,1H3. The Balaban J connectivity index is 2.02. The smallest absolute Gasteiger partial charge is 0.0596 e. The summed E-state index contributed by atoms with van der Waals surface area (Å²) in [7, 11) is 1.99. The van der Waals surface area contributed by atoms with Crippen molar-refractivity contribution in [3.63, 3.8) is 0 Å². The minimum Gasteiger partial charge on any atom is -0.312 e. The van der Waals surface area contributed by atoms with Crippen molar-refractivity contribution in [3.05, 3.63) is 62.8 Å². The van der Waals surface area contributed by atoms with Gasteiger partial charge >= 0.3 is 0 Å². The molecule has 1 heterocycles. The number of hydrogen-bond acceptors (Lipinski definition) is 2. The zero-order valence-electron chi connectivity index (χ0n) is 11.2. The fourth-order valence-electron chi connectivity index (χ4n) is 3.10. The summed E-state index contributed by atoms with van der Waals surface area (Å²) in [6.07, 6.45) is 4.09. The lowest BCUT2D eigenvalue weighted by atomic mass is 9.91. The van der Waals surface area contributed by atoms with Crippen LogP contribution in [0.3, 0.4) is 0 Å². The number of aromatic nitrogens is 1. The quantitative estimate of drug-likeness (QED) is 0.881. The van der Waals surface area contributed by atoms with E-state index in [4.69, 9.17) is 11.6 Å². The highest BCUT2D eigenvalue weighted by atomic mass is 79.9. The summed E-state index contributed by atoms with van der Waals surface area (Å²) in [6, 6.07) is 10.5. The molecule has 1 aromatic carbocycles. The number of nitrogens with one attached hydrogen (secondary N) is 1. The molecular weight excluding hydrogens is 336 g/mol. The van der Waals surface area contributed by atoms with Gasteiger partial charge in [-0.1, -0.05) is 29.8 Å². The maximum atomic E-state index is 6.46. The van der Waals surface area contributed by atoms with Crippen molar-refractivity contribution >= 4 is 27.5 Å². The second-order valence-electron chi connectivity index (χ2n) is 5.10. The second-order valence-corrected chi connectivity index (χ2v) is 6.33. The Hall–Kier alpha value is -0.900. The predicted molar refractivity (Wildman–Crippen MR) is 86.3 cm³/mol. The van der Waals surface area contributed by atoms with Crippen molar-refractivity contribution in [2.45, 2.75) is 24.8 Å². The van der Waals surface area contributed by atoms with Crippen molar-refractivity contribution in [1.82, 2.24) is 10.3 Å². The molecule has 0 radical (unpaired) electrons. The molecule has 0 bridgehead atoms. The van der Waals surface area contributed by atoms with Gasteiger partial charge in [0.2, 0.25) is 0 Å². The summed E-state index contributed by atoms with van der Waals surface area (Å²) in [5.41, 5.74) is 3.71. The highest BCUT2D eigenvalue weighted by Gasteiger charge is 2.32. The van der Waals surface area contributed by atoms with Gasteiger partial charge in [0, 0.05) is 28.3 Å². The van der Waals surface area contributed by atoms with Crippen LogP contribution in [0.4, 0.5) is 0 Å². The molecule has 0 spiro atoms. The molecular formula is C16H16BrClN2. The van der Waals surface area contributed by atoms with Gasteiger partial charge in [-0.3, -0.25) is 4.98 Å². The third-order valence-corrected chi connectivity index (χ3v) is 5.34. The van der Waals surface area contributed by atoms with Crippen LogP contribution in [0.25, 0.3) is 0 Å².